The van der Waals surface area contributed by atoms with E-state index in [2.05, 4.69) is 4.74 Å². The summed E-state index contributed by atoms with van der Waals surface area (Å²) in [5, 5.41) is 10.9. The lowest BCUT2D eigenvalue weighted by atomic mass is 10.1. The van der Waals surface area contributed by atoms with Crippen LogP contribution in [0.15, 0.2) is 41.3 Å². The van der Waals surface area contributed by atoms with Gasteiger partial charge in [0.15, 0.2) is 0 Å². The van der Waals surface area contributed by atoms with Crippen LogP contribution in [0.2, 0.25) is 0 Å². The largest absolute Gasteiger partial charge is 0.573 e. The smallest absolute Gasteiger partial charge is 0.406 e. The number of nitrogens with two attached hydrogens (primary N) is 1. The minimum atomic E-state index is -5.22. The van der Waals surface area contributed by atoms with Crippen LogP contribution in [-0.2, 0) is 16.2 Å². The highest BCUT2D eigenvalue weighted by molar-refractivity contribution is 7.92. The minimum absolute atomic E-state index is 0.104. The van der Waals surface area contributed by atoms with E-state index in [1.807, 2.05) is 0 Å². The molecule has 0 fully saturated rings. The maximum absolute atomic E-state index is 13.2. The van der Waals surface area contributed by atoms with Gasteiger partial charge < -0.3 is 10.5 Å². The van der Waals surface area contributed by atoms with Gasteiger partial charge in [-0.2, -0.15) is 13.2 Å². The maximum Gasteiger partial charge on any atom is 0.573 e. The van der Waals surface area contributed by atoms with Crippen LogP contribution < -0.4 is 15.2 Å². The summed E-state index contributed by atoms with van der Waals surface area (Å²) in [5.41, 5.74) is 1.02. The lowest BCUT2D eigenvalue weighted by Crippen LogP contribution is -2.20. The van der Waals surface area contributed by atoms with Gasteiger partial charge in [0.05, 0.1) is 10.5 Å². The Hall–Kier alpha value is -3.23. The van der Waals surface area contributed by atoms with Gasteiger partial charge in [0, 0.05) is 11.8 Å². The number of nitrogens with one attached hydrogen (secondary N) is 1. The fourth-order valence-electron chi connectivity index (χ4n) is 2.12. The van der Waals surface area contributed by atoms with Gasteiger partial charge in [0.1, 0.15) is 16.3 Å². The van der Waals surface area contributed by atoms with E-state index in [1.54, 1.807) is 4.72 Å². The molecule has 29 heavy (non-hydrogen) atoms. The van der Waals surface area contributed by atoms with E-state index in [1.165, 1.54) is 0 Å². The van der Waals surface area contributed by atoms with E-state index in [4.69, 9.17) is 5.73 Å². The molecule has 158 valence electrons. The van der Waals surface area contributed by atoms with Crippen LogP contribution in [0.1, 0.15) is 5.56 Å². The zero-order valence-electron chi connectivity index (χ0n) is 13.7. The van der Waals surface area contributed by atoms with Gasteiger partial charge in [0.2, 0.25) is 0 Å². The average Bonchev–Trinajstić information content (AvgIpc) is 2.53. The highest BCUT2D eigenvalue weighted by Gasteiger charge is 2.39. The van der Waals surface area contributed by atoms with Crippen LogP contribution >= 0.6 is 0 Å². The Balaban J connectivity index is 2.47. The van der Waals surface area contributed by atoms with Gasteiger partial charge in [-0.05, 0) is 30.3 Å². The van der Waals surface area contributed by atoms with Crippen LogP contribution in [0.4, 0.5) is 43.4 Å². The number of benzene rings is 2. The Morgan fingerprint density at radius 3 is 2.03 bits per heavy atom. The minimum Gasteiger partial charge on any atom is -0.406 e. The van der Waals surface area contributed by atoms with Crippen molar-refractivity contribution in [1.82, 2.24) is 0 Å². The molecule has 0 saturated carbocycles. The molecule has 0 aromatic heterocycles. The van der Waals surface area contributed by atoms with E-state index in [0.717, 1.165) is 12.1 Å². The molecule has 2 aromatic rings. The van der Waals surface area contributed by atoms with Gasteiger partial charge in [-0.1, -0.05) is 0 Å². The van der Waals surface area contributed by atoms with Gasteiger partial charge >= 0.3 is 12.5 Å². The second-order valence-electron chi connectivity index (χ2n) is 5.34. The monoisotopic (exact) mass is 445 g/mol. The number of nitrogens with zero attached hydrogens (tertiary/aromatic N) is 1. The van der Waals surface area contributed by atoms with Crippen molar-refractivity contribution in [2.75, 3.05) is 10.5 Å². The summed E-state index contributed by atoms with van der Waals surface area (Å²) in [4.78, 5) is 8.24. The molecule has 0 bridgehead atoms. The number of nitro groups is 1. The van der Waals surface area contributed by atoms with Crippen molar-refractivity contribution in [2.45, 2.75) is 17.4 Å². The number of nitro benzene ring substituents is 1. The second kappa shape index (κ2) is 7.31. The number of anilines is 2. The summed E-state index contributed by atoms with van der Waals surface area (Å²) >= 11 is 0. The predicted octanol–water partition coefficient (Wildman–Crippen LogP) is 3.90. The Bertz CT molecular complexity index is 1040. The summed E-state index contributed by atoms with van der Waals surface area (Å²) in [7, 11) is -5.04. The average molecular weight is 445 g/mol. The molecule has 0 heterocycles. The molecule has 2 rings (SSSR count). The molecular formula is C14H9F6N3O5S. The molecule has 0 aliphatic heterocycles. The number of nitrogen functional groups attached to an aromatic ring is 1. The lowest BCUT2D eigenvalue weighted by molar-refractivity contribution is -0.384. The third-order valence-corrected chi connectivity index (χ3v) is 4.68. The van der Waals surface area contributed by atoms with Crippen molar-refractivity contribution in [3.63, 3.8) is 0 Å². The molecule has 0 aliphatic rings. The quantitative estimate of drug-likeness (QED) is 0.311. The maximum atomic E-state index is 13.2. The lowest BCUT2D eigenvalue weighted by Gasteiger charge is -2.15. The number of rotatable bonds is 5. The molecule has 0 radical (unpaired) electrons. The SMILES string of the molecule is Nc1cc(C(F)(F)F)c(S(=O)(=O)Nc2ccc(OC(F)(F)F)cc2)cc1[N+](=O)[O-]. The van der Waals surface area contributed by atoms with Crippen molar-refractivity contribution in [2.24, 2.45) is 0 Å². The Morgan fingerprint density at radius 2 is 1.59 bits per heavy atom. The molecule has 3 N–H and O–H groups in total. The van der Waals surface area contributed by atoms with Crippen molar-refractivity contribution >= 4 is 27.1 Å². The number of alkyl halides is 6. The Labute approximate surface area is 158 Å². The normalized spacial score (nSPS) is 12.5. The van der Waals surface area contributed by atoms with Crippen molar-refractivity contribution in [3.05, 3.63) is 52.1 Å². The summed E-state index contributed by atoms with van der Waals surface area (Å²) < 4.78 is 106. The standard InChI is InChI=1S/C14H9F6N3O5S/c15-13(16,17)9-5-10(21)11(23(24)25)6-12(9)29(26,27)22-7-1-3-8(4-2-7)28-14(18,19)20/h1-6,22H,21H2. The first-order valence-electron chi connectivity index (χ1n) is 7.14. The fraction of sp³-hybridized carbons (Fsp3) is 0.143. The zero-order chi connectivity index (χ0) is 22.2. The molecule has 8 nitrogen and oxygen atoms in total. The number of hydrogen-bond donors (Lipinski definition) is 2. The first-order valence-corrected chi connectivity index (χ1v) is 8.62. The van der Waals surface area contributed by atoms with E-state index in [9.17, 15) is 44.9 Å². The van der Waals surface area contributed by atoms with Crippen LogP contribution in [0, 0.1) is 10.1 Å². The number of sulfonamides is 1. The van der Waals surface area contributed by atoms with E-state index in [0.29, 0.717) is 12.1 Å². The molecular weight excluding hydrogens is 436 g/mol. The van der Waals surface area contributed by atoms with Crippen molar-refractivity contribution in [1.29, 1.82) is 0 Å². The molecule has 0 unspecified atom stereocenters. The molecule has 0 aliphatic carbocycles. The molecule has 15 heteroatoms. The third-order valence-electron chi connectivity index (χ3n) is 3.26. The van der Waals surface area contributed by atoms with Gasteiger partial charge in [-0.15, -0.1) is 13.2 Å². The van der Waals surface area contributed by atoms with Gasteiger partial charge in [-0.3, -0.25) is 14.8 Å². The molecule has 0 saturated heterocycles. The zero-order valence-corrected chi connectivity index (χ0v) is 14.5. The summed E-state index contributed by atoms with van der Waals surface area (Å²) in [5.74, 6) is -0.709. The first-order chi connectivity index (χ1) is 13.1. The predicted molar refractivity (Wildman–Crippen MR) is 86.4 cm³/mol. The van der Waals surface area contributed by atoms with Crippen LogP contribution in [-0.4, -0.2) is 19.7 Å². The van der Waals surface area contributed by atoms with E-state index >= 15 is 0 Å². The number of halogens is 6. The number of ether oxygens (including phenoxy) is 1. The molecule has 0 spiro atoms. The first kappa shape index (κ1) is 22.1. The number of hydrogen-bond acceptors (Lipinski definition) is 6. The Kier molecular flexibility index (Phi) is 5.56. The topological polar surface area (TPSA) is 125 Å². The van der Waals surface area contributed by atoms with Crippen LogP contribution in [0.3, 0.4) is 0 Å². The van der Waals surface area contributed by atoms with Gasteiger partial charge in [0.25, 0.3) is 15.7 Å². The van der Waals surface area contributed by atoms with Crippen LogP contribution in [0.5, 0.6) is 5.75 Å². The highest BCUT2D eigenvalue weighted by Crippen LogP contribution is 2.39. The summed E-state index contributed by atoms with van der Waals surface area (Å²) in [6.07, 6.45) is -10.2. The van der Waals surface area contributed by atoms with Crippen molar-refractivity contribution < 1.29 is 44.4 Å². The highest BCUT2D eigenvalue weighted by atomic mass is 32.2. The van der Waals surface area contributed by atoms with E-state index in [-0.39, 0.29) is 12.1 Å². The van der Waals surface area contributed by atoms with Crippen LogP contribution in [0.25, 0.3) is 0 Å². The van der Waals surface area contributed by atoms with Gasteiger partial charge in [-0.25, -0.2) is 8.42 Å². The molecule has 0 atom stereocenters. The third kappa shape index (κ3) is 5.40. The molecule has 2 aromatic carbocycles. The molecule has 0 amide bonds. The summed E-state index contributed by atoms with van der Waals surface area (Å²) in [6, 6.07) is 3.24. The summed E-state index contributed by atoms with van der Waals surface area (Å²) in [6.45, 7) is 0. The second-order valence-corrected chi connectivity index (χ2v) is 6.99. The van der Waals surface area contributed by atoms with Crippen molar-refractivity contribution in [3.8, 4) is 5.75 Å². The van der Waals surface area contributed by atoms with E-state index < -0.39 is 60.8 Å². The fourth-order valence-corrected chi connectivity index (χ4v) is 3.41. The Morgan fingerprint density at radius 1 is 1.03 bits per heavy atom.